The molecule has 0 atom stereocenters. The molecular weight excluding hydrogens is 298 g/mol. The van der Waals surface area contributed by atoms with Crippen molar-refractivity contribution in [2.45, 2.75) is 13.5 Å². The van der Waals surface area contributed by atoms with Gasteiger partial charge in [0.1, 0.15) is 0 Å². The number of nitrogens with one attached hydrogen (secondary N) is 1. The van der Waals surface area contributed by atoms with Gasteiger partial charge in [-0.25, -0.2) is 4.79 Å². The van der Waals surface area contributed by atoms with Crippen molar-refractivity contribution in [2.24, 2.45) is 0 Å². The van der Waals surface area contributed by atoms with Crippen LogP contribution >= 0.6 is 15.9 Å². The van der Waals surface area contributed by atoms with E-state index in [1.165, 1.54) is 0 Å². The molecule has 0 spiro atoms. The van der Waals surface area contributed by atoms with Gasteiger partial charge in [-0.3, -0.25) is 4.68 Å². The SMILES string of the molecule is CCn1ccc(Nc2cccc(Br)c2C(=O)O)n1. The van der Waals surface area contributed by atoms with Crippen LogP contribution in [0.25, 0.3) is 0 Å². The molecule has 18 heavy (non-hydrogen) atoms. The third-order valence-corrected chi connectivity index (χ3v) is 3.12. The lowest BCUT2D eigenvalue weighted by Gasteiger charge is -2.08. The molecule has 2 N–H and O–H groups in total. The topological polar surface area (TPSA) is 67.2 Å². The molecule has 0 aliphatic heterocycles. The Kier molecular flexibility index (Phi) is 3.66. The van der Waals surface area contributed by atoms with Crippen molar-refractivity contribution in [2.75, 3.05) is 5.32 Å². The van der Waals surface area contributed by atoms with Crippen LogP contribution in [0.1, 0.15) is 17.3 Å². The largest absolute Gasteiger partial charge is 0.478 e. The van der Waals surface area contributed by atoms with Gasteiger partial charge in [-0.1, -0.05) is 6.07 Å². The molecule has 5 nitrogen and oxygen atoms in total. The van der Waals surface area contributed by atoms with Crippen LogP contribution in [0.5, 0.6) is 0 Å². The summed E-state index contributed by atoms with van der Waals surface area (Å²) in [5.74, 6) is -0.364. The third kappa shape index (κ3) is 2.53. The average molecular weight is 310 g/mol. The summed E-state index contributed by atoms with van der Waals surface area (Å²) in [7, 11) is 0. The summed E-state index contributed by atoms with van der Waals surface area (Å²) in [6.07, 6.45) is 1.83. The lowest BCUT2D eigenvalue weighted by molar-refractivity contribution is 0.0697. The molecule has 94 valence electrons. The fourth-order valence-electron chi connectivity index (χ4n) is 1.59. The van der Waals surface area contributed by atoms with Gasteiger partial charge in [-0.2, -0.15) is 5.10 Å². The molecule has 0 unspecified atom stereocenters. The Labute approximate surface area is 113 Å². The van der Waals surface area contributed by atoms with E-state index in [0.29, 0.717) is 16.0 Å². The first-order valence-corrected chi connectivity index (χ1v) is 6.23. The number of aromatic carboxylic acids is 1. The van der Waals surface area contributed by atoms with Gasteiger partial charge in [0, 0.05) is 23.3 Å². The Bertz CT molecular complexity index is 580. The number of carboxylic acid groups (broad SMARTS) is 1. The van der Waals surface area contributed by atoms with Gasteiger partial charge in [0.2, 0.25) is 0 Å². The predicted octanol–water partition coefficient (Wildman–Crippen LogP) is 3.11. The monoisotopic (exact) mass is 309 g/mol. The molecule has 2 rings (SSSR count). The number of hydrogen-bond donors (Lipinski definition) is 2. The molecule has 0 aliphatic rings. The lowest BCUT2D eigenvalue weighted by Crippen LogP contribution is -2.04. The molecule has 1 aromatic carbocycles. The van der Waals surface area contributed by atoms with Crippen molar-refractivity contribution in [3.63, 3.8) is 0 Å². The van der Waals surface area contributed by atoms with E-state index in [1.807, 2.05) is 13.1 Å². The van der Waals surface area contributed by atoms with E-state index >= 15 is 0 Å². The van der Waals surface area contributed by atoms with Crippen LogP contribution in [-0.4, -0.2) is 20.9 Å². The normalized spacial score (nSPS) is 10.3. The molecule has 0 fully saturated rings. The van der Waals surface area contributed by atoms with E-state index in [9.17, 15) is 9.90 Å². The van der Waals surface area contributed by atoms with Crippen molar-refractivity contribution < 1.29 is 9.90 Å². The number of benzene rings is 1. The van der Waals surface area contributed by atoms with Gasteiger partial charge in [0.15, 0.2) is 5.82 Å². The van der Waals surface area contributed by atoms with Crippen LogP contribution in [0.15, 0.2) is 34.9 Å². The lowest BCUT2D eigenvalue weighted by atomic mass is 10.2. The van der Waals surface area contributed by atoms with Gasteiger partial charge < -0.3 is 10.4 Å². The van der Waals surface area contributed by atoms with Gasteiger partial charge in [0.05, 0.1) is 11.3 Å². The summed E-state index contributed by atoms with van der Waals surface area (Å²) >= 11 is 3.23. The quantitative estimate of drug-likeness (QED) is 0.910. The fraction of sp³-hybridized carbons (Fsp3) is 0.167. The minimum Gasteiger partial charge on any atom is -0.478 e. The Morgan fingerprint density at radius 3 is 2.89 bits per heavy atom. The zero-order chi connectivity index (χ0) is 13.1. The van der Waals surface area contributed by atoms with Crippen molar-refractivity contribution in [3.8, 4) is 0 Å². The number of aryl methyl sites for hydroxylation is 1. The molecule has 0 bridgehead atoms. The van der Waals surface area contributed by atoms with Gasteiger partial charge >= 0.3 is 5.97 Å². The molecule has 0 radical (unpaired) electrons. The maximum absolute atomic E-state index is 11.2. The number of aromatic nitrogens is 2. The average Bonchev–Trinajstić information content (AvgIpc) is 2.76. The molecule has 1 aromatic heterocycles. The number of anilines is 2. The highest BCUT2D eigenvalue weighted by atomic mass is 79.9. The molecule has 0 aliphatic carbocycles. The molecule has 6 heteroatoms. The first-order valence-electron chi connectivity index (χ1n) is 5.44. The second kappa shape index (κ2) is 5.22. The molecular formula is C12H12BrN3O2. The third-order valence-electron chi connectivity index (χ3n) is 2.45. The Hall–Kier alpha value is -1.82. The second-order valence-electron chi connectivity index (χ2n) is 3.65. The maximum atomic E-state index is 11.2. The van der Waals surface area contributed by atoms with Crippen LogP contribution in [0.3, 0.4) is 0 Å². The number of carboxylic acids is 1. The predicted molar refractivity (Wildman–Crippen MR) is 72.3 cm³/mol. The standard InChI is InChI=1S/C12H12BrN3O2/c1-2-16-7-6-10(15-16)14-9-5-3-4-8(13)11(9)12(17)18/h3-7H,2H2,1H3,(H,14,15)(H,17,18). The van der Waals surface area contributed by atoms with Crippen molar-refractivity contribution in [3.05, 3.63) is 40.5 Å². The number of rotatable bonds is 4. The number of hydrogen-bond acceptors (Lipinski definition) is 3. The first kappa shape index (κ1) is 12.6. The number of carbonyl (C=O) groups is 1. The summed E-state index contributed by atoms with van der Waals surface area (Å²) in [5.41, 5.74) is 0.710. The molecule has 0 saturated heterocycles. The minimum absolute atomic E-state index is 0.198. The first-order chi connectivity index (χ1) is 8.61. The minimum atomic E-state index is -0.986. The summed E-state index contributed by atoms with van der Waals surface area (Å²) in [4.78, 5) is 11.2. The van der Waals surface area contributed by atoms with E-state index in [0.717, 1.165) is 6.54 Å². The summed E-state index contributed by atoms with van der Waals surface area (Å²) in [6, 6.07) is 6.98. The fourth-order valence-corrected chi connectivity index (χ4v) is 2.12. The van der Waals surface area contributed by atoms with E-state index in [2.05, 4.69) is 26.3 Å². The Morgan fingerprint density at radius 2 is 2.28 bits per heavy atom. The molecule has 0 saturated carbocycles. The summed E-state index contributed by atoms with van der Waals surface area (Å²) < 4.78 is 2.30. The van der Waals surface area contributed by atoms with Crippen molar-refractivity contribution in [1.82, 2.24) is 9.78 Å². The molecule has 0 amide bonds. The van der Waals surface area contributed by atoms with Crippen LogP contribution in [-0.2, 0) is 6.54 Å². The Morgan fingerprint density at radius 1 is 1.50 bits per heavy atom. The summed E-state index contributed by atoms with van der Waals surface area (Å²) in [5, 5.41) is 16.4. The van der Waals surface area contributed by atoms with E-state index in [1.54, 1.807) is 28.9 Å². The number of halogens is 1. The van der Waals surface area contributed by atoms with E-state index in [4.69, 9.17) is 0 Å². The highest BCUT2D eigenvalue weighted by molar-refractivity contribution is 9.10. The van der Waals surface area contributed by atoms with Crippen molar-refractivity contribution in [1.29, 1.82) is 0 Å². The van der Waals surface area contributed by atoms with Gasteiger partial charge in [0.25, 0.3) is 0 Å². The maximum Gasteiger partial charge on any atom is 0.338 e. The van der Waals surface area contributed by atoms with Crippen LogP contribution < -0.4 is 5.32 Å². The van der Waals surface area contributed by atoms with Crippen LogP contribution in [0.2, 0.25) is 0 Å². The number of nitrogens with zero attached hydrogens (tertiary/aromatic N) is 2. The van der Waals surface area contributed by atoms with E-state index < -0.39 is 5.97 Å². The Balaban J connectivity index is 2.34. The zero-order valence-corrected chi connectivity index (χ0v) is 11.3. The molecule has 2 aromatic rings. The smallest absolute Gasteiger partial charge is 0.338 e. The summed E-state index contributed by atoms with van der Waals surface area (Å²) in [6.45, 7) is 2.75. The van der Waals surface area contributed by atoms with E-state index in [-0.39, 0.29) is 5.56 Å². The van der Waals surface area contributed by atoms with Crippen LogP contribution in [0, 0.1) is 0 Å². The zero-order valence-electron chi connectivity index (χ0n) is 9.72. The van der Waals surface area contributed by atoms with Crippen molar-refractivity contribution >= 4 is 33.4 Å². The molecule has 1 heterocycles. The highest BCUT2D eigenvalue weighted by Gasteiger charge is 2.14. The van der Waals surface area contributed by atoms with Gasteiger partial charge in [-0.15, -0.1) is 0 Å². The van der Waals surface area contributed by atoms with Gasteiger partial charge in [-0.05, 0) is 35.0 Å². The van der Waals surface area contributed by atoms with Crippen LogP contribution in [0.4, 0.5) is 11.5 Å². The second-order valence-corrected chi connectivity index (χ2v) is 4.50. The highest BCUT2D eigenvalue weighted by Crippen LogP contribution is 2.26.